The zero-order chi connectivity index (χ0) is 12.3. The highest BCUT2D eigenvalue weighted by Crippen LogP contribution is 2.29. The summed E-state index contributed by atoms with van der Waals surface area (Å²) in [5.41, 5.74) is 0.953. The summed E-state index contributed by atoms with van der Waals surface area (Å²) in [4.78, 5) is 4.02. The summed E-state index contributed by atoms with van der Waals surface area (Å²) in [7, 11) is -3.40. The number of nitrogens with zero attached hydrogens (tertiary/aromatic N) is 1. The normalized spacial score (nSPS) is 25.7. The molecule has 0 N–H and O–H groups in total. The second kappa shape index (κ2) is 5.12. The third-order valence-corrected chi connectivity index (χ3v) is 3.22. The fourth-order valence-electron chi connectivity index (χ4n) is 1.90. The molecule has 0 bridgehead atoms. The molecule has 1 fully saturated rings. The first-order valence-corrected chi connectivity index (χ1v) is 7.26. The molecule has 0 unspecified atom stereocenters. The predicted molar refractivity (Wildman–Crippen MR) is 61.9 cm³/mol. The Balaban J connectivity index is 2.03. The van der Waals surface area contributed by atoms with Crippen molar-refractivity contribution in [1.29, 1.82) is 0 Å². The lowest BCUT2D eigenvalue weighted by molar-refractivity contribution is -0.0343. The molecule has 2 atom stereocenters. The molecule has 1 aromatic rings. The Bertz CT molecular complexity index is 460. The van der Waals surface area contributed by atoms with Crippen LogP contribution in [0.15, 0.2) is 24.5 Å². The van der Waals surface area contributed by atoms with Gasteiger partial charge in [0.25, 0.3) is 10.1 Å². The van der Waals surface area contributed by atoms with E-state index >= 15 is 0 Å². The molecule has 1 aliphatic rings. The second-order valence-corrected chi connectivity index (χ2v) is 5.69. The van der Waals surface area contributed by atoms with Gasteiger partial charge < -0.3 is 4.74 Å². The van der Waals surface area contributed by atoms with Gasteiger partial charge in [0, 0.05) is 25.4 Å². The van der Waals surface area contributed by atoms with E-state index in [0.717, 1.165) is 11.8 Å². The van der Waals surface area contributed by atoms with Crippen molar-refractivity contribution in [2.45, 2.75) is 25.0 Å². The summed E-state index contributed by atoms with van der Waals surface area (Å²) in [6, 6.07) is 3.75. The Morgan fingerprint density at radius 2 is 2.35 bits per heavy atom. The van der Waals surface area contributed by atoms with Gasteiger partial charge in [0.05, 0.1) is 18.5 Å². The Morgan fingerprint density at radius 1 is 1.53 bits per heavy atom. The third-order valence-electron chi connectivity index (χ3n) is 2.60. The highest BCUT2D eigenvalue weighted by Gasteiger charge is 2.27. The van der Waals surface area contributed by atoms with Crippen LogP contribution >= 0.6 is 0 Å². The molecular weight excluding hydrogens is 242 g/mol. The Morgan fingerprint density at radius 3 is 3.00 bits per heavy atom. The molecule has 1 aromatic heterocycles. The molecule has 0 amide bonds. The lowest BCUT2D eigenvalue weighted by atomic mass is 10.0. The molecule has 2 rings (SSSR count). The Hall–Kier alpha value is -0.980. The smallest absolute Gasteiger partial charge is 0.264 e. The third kappa shape index (κ3) is 3.76. The maximum Gasteiger partial charge on any atom is 0.264 e. The lowest BCUT2D eigenvalue weighted by Gasteiger charge is -2.28. The molecule has 2 heterocycles. The van der Waals surface area contributed by atoms with Crippen molar-refractivity contribution in [3.05, 3.63) is 30.1 Å². The van der Waals surface area contributed by atoms with Crippen LogP contribution in [-0.4, -0.2) is 32.4 Å². The molecular formula is C11H15NO4S. The van der Waals surface area contributed by atoms with Gasteiger partial charge in [0.1, 0.15) is 0 Å². The Kier molecular flexibility index (Phi) is 3.76. The van der Waals surface area contributed by atoms with E-state index in [1.807, 2.05) is 12.1 Å². The maximum absolute atomic E-state index is 11.1. The van der Waals surface area contributed by atoms with Gasteiger partial charge >= 0.3 is 0 Å². The van der Waals surface area contributed by atoms with Gasteiger partial charge in [-0.1, -0.05) is 6.07 Å². The second-order valence-electron chi connectivity index (χ2n) is 4.09. The van der Waals surface area contributed by atoms with E-state index in [-0.39, 0.29) is 12.2 Å². The van der Waals surface area contributed by atoms with E-state index in [0.29, 0.717) is 19.4 Å². The van der Waals surface area contributed by atoms with Gasteiger partial charge in [0.2, 0.25) is 0 Å². The quantitative estimate of drug-likeness (QED) is 0.763. The van der Waals surface area contributed by atoms with Crippen LogP contribution in [0.3, 0.4) is 0 Å². The van der Waals surface area contributed by atoms with E-state index in [1.54, 1.807) is 12.4 Å². The fourth-order valence-corrected chi connectivity index (χ4v) is 2.57. The summed E-state index contributed by atoms with van der Waals surface area (Å²) in [6.45, 7) is 0.500. The highest BCUT2D eigenvalue weighted by molar-refractivity contribution is 7.86. The van der Waals surface area contributed by atoms with Gasteiger partial charge in [-0.25, -0.2) is 0 Å². The van der Waals surface area contributed by atoms with Gasteiger partial charge in [-0.3, -0.25) is 9.17 Å². The molecule has 6 heteroatoms. The monoisotopic (exact) mass is 257 g/mol. The minimum atomic E-state index is -3.40. The summed E-state index contributed by atoms with van der Waals surface area (Å²) >= 11 is 0. The SMILES string of the molecule is CS(=O)(=O)O[C@H]1CCO[C@@H](c2cccnc2)C1. The first-order chi connectivity index (χ1) is 8.04. The van der Waals surface area contributed by atoms with Crippen molar-refractivity contribution in [3.8, 4) is 0 Å². The highest BCUT2D eigenvalue weighted by atomic mass is 32.2. The standard InChI is InChI=1S/C11H15NO4S/c1-17(13,14)16-10-4-6-15-11(7-10)9-3-2-5-12-8-9/h2-3,5,8,10-11H,4,6-7H2,1H3/t10-,11+/m0/s1. The number of ether oxygens (including phenoxy) is 1. The van der Waals surface area contributed by atoms with Gasteiger partial charge in [0.15, 0.2) is 0 Å². The van der Waals surface area contributed by atoms with Crippen molar-refractivity contribution in [2.24, 2.45) is 0 Å². The van der Waals surface area contributed by atoms with Crippen LogP contribution in [0.5, 0.6) is 0 Å². The predicted octanol–water partition coefficient (Wildman–Crippen LogP) is 1.28. The average Bonchev–Trinajstić information content (AvgIpc) is 2.28. The molecule has 0 spiro atoms. The summed E-state index contributed by atoms with van der Waals surface area (Å²) < 4.78 is 32.7. The van der Waals surface area contributed by atoms with Crippen molar-refractivity contribution >= 4 is 10.1 Å². The summed E-state index contributed by atoms with van der Waals surface area (Å²) in [5, 5.41) is 0. The van der Waals surface area contributed by atoms with Crippen LogP contribution < -0.4 is 0 Å². The molecule has 17 heavy (non-hydrogen) atoms. The molecule has 1 aliphatic heterocycles. The van der Waals surface area contributed by atoms with Crippen molar-refractivity contribution in [3.63, 3.8) is 0 Å². The zero-order valence-corrected chi connectivity index (χ0v) is 10.4. The minimum absolute atomic E-state index is 0.135. The van der Waals surface area contributed by atoms with E-state index in [2.05, 4.69) is 4.98 Å². The van der Waals surface area contributed by atoms with Crippen LogP contribution in [0, 0.1) is 0 Å². The van der Waals surface area contributed by atoms with E-state index in [9.17, 15) is 8.42 Å². The van der Waals surface area contributed by atoms with Crippen LogP contribution in [0.25, 0.3) is 0 Å². The molecule has 0 aliphatic carbocycles. The van der Waals surface area contributed by atoms with Crippen LogP contribution in [0.1, 0.15) is 24.5 Å². The number of pyridine rings is 1. The Labute approximate surface area is 101 Å². The van der Waals surface area contributed by atoms with E-state index in [4.69, 9.17) is 8.92 Å². The van der Waals surface area contributed by atoms with Crippen LogP contribution in [-0.2, 0) is 19.0 Å². The number of hydrogen-bond acceptors (Lipinski definition) is 5. The van der Waals surface area contributed by atoms with Crippen LogP contribution in [0.2, 0.25) is 0 Å². The largest absolute Gasteiger partial charge is 0.373 e. The lowest BCUT2D eigenvalue weighted by Crippen LogP contribution is -2.28. The zero-order valence-electron chi connectivity index (χ0n) is 9.57. The number of hydrogen-bond donors (Lipinski definition) is 0. The molecule has 0 radical (unpaired) electrons. The van der Waals surface area contributed by atoms with E-state index < -0.39 is 10.1 Å². The van der Waals surface area contributed by atoms with Crippen LogP contribution in [0.4, 0.5) is 0 Å². The summed E-state index contributed by atoms with van der Waals surface area (Å²) in [5.74, 6) is 0. The van der Waals surface area contributed by atoms with Gasteiger partial charge in [-0.15, -0.1) is 0 Å². The van der Waals surface area contributed by atoms with Crippen molar-refractivity contribution in [2.75, 3.05) is 12.9 Å². The first kappa shape index (κ1) is 12.5. The van der Waals surface area contributed by atoms with Gasteiger partial charge in [-0.05, 0) is 18.1 Å². The maximum atomic E-state index is 11.1. The van der Waals surface area contributed by atoms with E-state index in [1.165, 1.54) is 0 Å². The molecule has 1 saturated heterocycles. The van der Waals surface area contributed by atoms with Gasteiger partial charge in [-0.2, -0.15) is 8.42 Å². The first-order valence-electron chi connectivity index (χ1n) is 5.44. The molecule has 5 nitrogen and oxygen atoms in total. The molecule has 0 aromatic carbocycles. The average molecular weight is 257 g/mol. The number of rotatable bonds is 3. The minimum Gasteiger partial charge on any atom is -0.373 e. The molecule has 0 saturated carbocycles. The molecule has 94 valence electrons. The topological polar surface area (TPSA) is 65.5 Å². The van der Waals surface area contributed by atoms with Crippen molar-refractivity contribution < 1.29 is 17.3 Å². The fraction of sp³-hybridized carbons (Fsp3) is 0.545. The summed E-state index contributed by atoms with van der Waals surface area (Å²) in [6.07, 6.45) is 5.20. The van der Waals surface area contributed by atoms with Crippen molar-refractivity contribution in [1.82, 2.24) is 4.98 Å². The number of aromatic nitrogens is 1.